The zero-order valence-electron chi connectivity index (χ0n) is 9.90. The van der Waals surface area contributed by atoms with Gasteiger partial charge in [-0.1, -0.05) is 11.8 Å². The van der Waals surface area contributed by atoms with Crippen molar-refractivity contribution in [1.29, 1.82) is 10.8 Å². The van der Waals surface area contributed by atoms with Crippen molar-refractivity contribution < 1.29 is 9.18 Å². The Balaban J connectivity index is 3.05. The highest BCUT2D eigenvalue weighted by Crippen LogP contribution is 2.08. The third-order valence-electron chi connectivity index (χ3n) is 1.86. The van der Waals surface area contributed by atoms with Crippen LogP contribution in [0.5, 0.6) is 0 Å². The molecule has 19 heavy (non-hydrogen) atoms. The molecule has 0 fully saturated rings. The third-order valence-corrected chi connectivity index (χ3v) is 2.34. The molecule has 0 saturated carbocycles. The van der Waals surface area contributed by atoms with Gasteiger partial charge in [0.05, 0.1) is 18.1 Å². The van der Waals surface area contributed by atoms with E-state index in [1.165, 1.54) is 6.20 Å². The quantitative estimate of drug-likeness (QED) is 0.483. The summed E-state index contributed by atoms with van der Waals surface area (Å²) >= 11 is 1.01. The number of hydrogen-bond donors (Lipinski definition) is 4. The van der Waals surface area contributed by atoms with Crippen molar-refractivity contribution in [3.8, 4) is 0 Å². The Hall–Kier alpha value is -2.29. The molecular weight excluding hydrogens is 271 g/mol. The van der Waals surface area contributed by atoms with Crippen molar-refractivity contribution in [3.05, 3.63) is 24.3 Å². The fourth-order valence-corrected chi connectivity index (χ4v) is 1.21. The third kappa shape index (κ3) is 4.47. The number of halogens is 1. The number of nitrogens with two attached hydrogens (primary N) is 1. The monoisotopic (exact) mass is 282 g/mol. The Morgan fingerprint density at radius 1 is 1.53 bits per heavy atom. The second kappa shape index (κ2) is 6.59. The molecule has 5 N–H and O–H groups in total. The molecule has 100 valence electrons. The highest BCUT2D eigenvalue weighted by Gasteiger charge is 2.14. The van der Waals surface area contributed by atoms with E-state index in [9.17, 15) is 9.18 Å². The van der Waals surface area contributed by atoms with Crippen molar-refractivity contribution in [2.24, 2.45) is 10.7 Å². The Bertz CT molecular complexity index is 559. The van der Waals surface area contributed by atoms with Gasteiger partial charge in [0.2, 0.25) is 0 Å². The predicted octanol–water partition coefficient (Wildman–Crippen LogP) is 0.834. The van der Waals surface area contributed by atoms with Crippen LogP contribution in [0, 0.1) is 16.6 Å². The summed E-state index contributed by atoms with van der Waals surface area (Å²) in [6.45, 7) is 0. The number of nitrogens with one attached hydrogen (secondary N) is 3. The molecule has 0 aliphatic carbocycles. The lowest BCUT2D eigenvalue weighted by molar-refractivity contribution is -0.111. The Morgan fingerprint density at radius 2 is 2.21 bits per heavy atom. The SMILES string of the molecule is CSC(=N)/N=C(/Nc1cncc(F)c1)C(=N)C(N)=O. The maximum atomic E-state index is 13.0. The number of thioether (sulfide) groups is 1. The average Bonchev–Trinajstić information content (AvgIpc) is 2.36. The number of hydrogen-bond acceptors (Lipinski definition) is 5. The number of anilines is 1. The maximum Gasteiger partial charge on any atom is 0.270 e. The minimum atomic E-state index is -1.01. The molecule has 0 atom stereocenters. The van der Waals surface area contributed by atoms with Gasteiger partial charge in [0.25, 0.3) is 5.91 Å². The molecule has 1 aromatic rings. The lowest BCUT2D eigenvalue weighted by Gasteiger charge is -2.08. The summed E-state index contributed by atoms with van der Waals surface area (Å²) in [6, 6.07) is 1.11. The van der Waals surface area contributed by atoms with Crippen LogP contribution >= 0.6 is 11.8 Å². The van der Waals surface area contributed by atoms with E-state index in [0.717, 1.165) is 24.0 Å². The van der Waals surface area contributed by atoms with E-state index in [4.69, 9.17) is 16.6 Å². The second-order valence-electron chi connectivity index (χ2n) is 3.23. The van der Waals surface area contributed by atoms with E-state index in [1.54, 1.807) is 6.26 Å². The van der Waals surface area contributed by atoms with Crippen LogP contribution in [0.2, 0.25) is 0 Å². The topological polar surface area (TPSA) is 128 Å². The van der Waals surface area contributed by atoms with Crippen LogP contribution in [0.4, 0.5) is 10.1 Å². The molecule has 1 aromatic heterocycles. The molecule has 0 aromatic carbocycles. The van der Waals surface area contributed by atoms with Crippen LogP contribution in [-0.4, -0.2) is 33.9 Å². The van der Waals surface area contributed by atoms with E-state index < -0.39 is 17.4 Å². The lowest BCUT2D eigenvalue weighted by Crippen LogP contribution is -2.34. The van der Waals surface area contributed by atoms with Gasteiger partial charge in [-0.15, -0.1) is 0 Å². The highest BCUT2D eigenvalue weighted by atomic mass is 32.2. The van der Waals surface area contributed by atoms with Crippen LogP contribution < -0.4 is 11.1 Å². The molecule has 0 radical (unpaired) electrons. The van der Waals surface area contributed by atoms with Crippen LogP contribution in [0.15, 0.2) is 23.5 Å². The van der Waals surface area contributed by atoms with Crippen LogP contribution in [0.3, 0.4) is 0 Å². The van der Waals surface area contributed by atoms with Gasteiger partial charge >= 0.3 is 0 Å². The van der Waals surface area contributed by atoms with E-state index in [1.807, 2.05) is 0 Å². The molecule has 0 unspecified atom stereocenters. The largest absolute Gasteiger partial charge is 0.364 e. The van der Waals surface area contributed by atoms with Crippen LogP contribution in [0.1, 0.15) is 0 Å². The minimum Gasteiger partial charge on any atom is -0.364 e. The number of carbonyl (C=O) groups excluding carboxylic acids is 1. The van der Waals surface area contributed by atoms with Crippen molar-refractivity contribution in [2.45, 2.75) is 0 Å². The fourth-order valence-electron chi connectivity index (χ4n) is 1.03. The van der Waals surface area contributed by atoms with Crippen molar-refractivity contribution >= 4 is 40.1 Å². The van der Waals surface area contributed by atoms with E-state index in [-0.39, 0.29) is 16.7 Å². The number of amidine groups is 2. The lowest BCUT2D eigenvalue weighted by atomic mass is 10.3. The predicted molar refractivity (Wildman–Crippen MR) is 73.4 cm³/mol. The van der Waals surface area contributed by atoms with Gasteiger partial charge in [-0.3, -0.25) is 20.6 Å². The Morgan fingerprint density at radius 3 is 2.74 bits per heavy atom. The number of aliphatic imine (C=N–C) groups is 1. The maximum absolute atomic E-state index is 13.0. The zero-order valence-corrected chi connectivity index (χ0v) is 10.7. The molecule has 1 heterocycles. The molecular formula is C10H11FN6OS. The number of aromatic nitrogens is 1. The van der Waals surface area contributed by atoms with Gasteiger partial charge in [0, 0.05) is 6.07 Å². The van der Waals surface area contributed by atoms with Crippen LogP contribution in [-0.2, 0) is 4.79 Å². The van der Waals surface area contributed by atoms with Gasteiger partial charge in [-0.05, 0) is 6.26 Å². The molecule has 7 nitrogen and oxygen atoms in total. The van der Waals surface area contributed by atoms with Crippen molar-refractivity contribution in [2.75, 3.05) is 11.6 Å². The molecule has 0 saturated heterocycles. The number of primary amides is 1. The average molecular weight is 282 g/mol. The summed E-state index contributed by atoms with van der Waals surface area (Å²) in [4.78, 5) is 18.3. The fraction of sp³-hybridized carbons (Fsp3) is 0.100. The first-order chi connectivity index (χ1) is 8.93. The smallest absolute Gasteiger partial charge is 0.270 e. The van der Waals surface area contributed by atoms with Gasteiger partial charge in [-0.2, -0.15) is 0 Å². The van der Waals surface area contributed by atoms with E-state index >= 15 is 0 Å². The molecule has 0 spiro atoms. The first kappa shape index (κ1) is 14.8. The first-order valence-electron chi connectivity index (χ1n) is 4.91. The van der Waals surface area contributed by atoms with Crippen molar-refractivity contribution in [3.63, 3.8) is 0 Å². The molecule has 0 bridgehead atoms. The number of rotatable bonds is 3. The zero-order chi connectivity index (χ0) is 14.4. The Labute approximate surface area is 112 Å². The summed E-state index contributed by atoms with van der Waals surface area (Å²) in [5.41, 5.74) is 4.57. The normalized spacial score (nSPS) is 10.9. The molecule has 0 aliphatic heterocycles. The molecule has 1 rings (SSSR count). The van der Waals surface area contributed by atoms with Crippen molar-refractivity contribution in [1.82, 2.24) is 4.98 Å². The van der Waals surface area contributed by atoms with E-state index in [2.05, 4.69) is 15.3 Å². The summed E-state index contributed by atoms with van der Waals surface area (Å²) in [6.07, 6.45) is 3.90. The summed E-state index contributed by atoms with van der Waals surface area (Å²) in [7, 11) is 0. The Kier molecular flexibility index (Phi) is 5.12. The summed E-state index contributed by atoms with van der Waals surface area (Å²) in [5.74, 6) is -1.83. The first-order valence-corrected chi connectivity index (χ1v) is 6.14. The van der Waals surface area contributed by atoms with Gasteiger partial charge < -0.3 is 11.1 Å². The minimum absolute atomic E-state index is 0.127. The number of pyridine rings is 1. The van der Waals surface area contributed by atoms with E-state index in [0.29, 0.717) is 0 Å². The van der Waals surface area contributed by atoms with Gasteiger partial charge in [-0.25, -0.2) is 9.38 Å². The summed E-state index contributed by atoms with van der Waals surface area (Å²) < 4.78 is 13.0. The molecule has 9 heteroatoms. The van der Waals surface area contributed by atoms with Crippen LogP contribution in [0.25, 0.3) is 0 Å². The van der Waals surface area contributed by atoms with Gasteiger partial charge in [0.15, 0.2) is 16.7 Å². The van der Waals surface area contributed by atoms with Gasteiger partial charge in [0.1, 0.15) is 5.82 Å². The summed E-state index contributed by atoms with van der Waals surface area (Å²) in [5, 5.41) is 17.3. The second-order valence-corrected chi connectivity index (χ2v) is 4.02. The number of carbonyl (C=O) groups is 1. The number of amides is 1. The standard InChI is InChI=1S/C10H11FN6OS/c1-19-10(14)17-9(7(12)8(13)18)16-6-2-5(11)3-15-4-6/h2-4,12H,1H3,(H2,13,18)(H2,14,16,17). The highest BCUT2D eigenvalue weighted by molar-refractivity contribution is 8.13. The number of nitrogens with zero attached hydrogens (tertiary/aromatic N) is 2. The molecule has 0 aliphatic rings. The molecule has 1 amide bonds.